The molecule has 0 aromatic heterocycles. The summed E-state index contributed by atoms with van der Waals surface area (Å²) in [6.07, 6.45) is 2.30. The fourth-order valence-corrected chi connectivity index (χ4v) is 2.50. The molecule has 2 N–H and O–H groups in total. The third kappa shape index (κ3) is 2.71. The molecule has 2 rings (SSSR count). The van der Waals surface area contributed by atoms with E-state index in [2.05, 4.69) is 11.0 Å². The molecule has 1 aliphatic rings. The summed E-state index contributed by atoms with van der Waals surface area (Å²) in [5.74, 6) is 0.522. The Hall–Kier alpha value is -1.24. The summed E-state index contributed by atoms with van der Waals surface area (Å²) in [6, 6.07) is 7.63. The summed E-state index contributed by atoms with van der Waals surface area (Å²) in [5, 5.41) is 9.79. The second-order valence-electron chi connectivity index (χ2n) is 4.46. The van der Waals surface area contributed by atoms with E-state index in [0.717, 1.165) is 25.2 Å². The van der Waals surface area contributed by atoms with Gasteiger partial charge in [-0.05, 0) is 43.5 Å². The minimum Gasteiger partial charge on any atom is -0.370 e. The molecular formula is C13H16ClN3. The lowest BCUT2D eigenvalue weighted by Crippen LogP contribution is -2.38. The van der Waals surface area contributed by atoms with Gasteiger partial charge in [0.05, 0.1) is 11.3 Å². The minimum atomic E-state index is 0.522. The van der Waals surface area contributed by atoms with Gasteiger partial charge in [0, 0.05) is 18.1 Å². The molecule has 1 saturated heterocycles. The first-order chi connectivity index (χ1) is 8.24. The van der Waals surface area contributed by atoms with E-state index in [1.54, 1.807) is 12.1 Å². The Morgan fingerprint density at radius 1 is 1.53 bits per heavy atom. The Labute approximate surface area is 107 Å². The van der Waals surface area contributed by atoms with Crippen molar-refractivity contribution in [2.75, 3.05) is 24.5 Å². The van der Waals surface area contributed by atoms with Gasteiger partial charge in [-0.25, -0.2) is 0 Å². The van der Waals surface area contributed by atoms with Gasteiger partial charge in [0.15, 0.2) is 0 Å². The Morgan fingerprint density at radius 2 is 2.35 bits per heavy atom. The molecule has 1 aromatic rings. The number of rotatable bonds is 2. The summed E-state index contributed by atoms with van der Waals surface area (Å²) in [7, 11) is 0. The first kappa shape index (κ1) is 12.2. The van der Waals surface area contributed by atoms with E-state index < -0.39 is 0 Å². The van der Waals surface area contributed by atoms with Crippen LogP contribution in [0.4, 0.5) is 5.69 Å². The molecule has 90 valence electrons. The van der Waals surface area contributed by atoms with E-state index in [4.69, 9.17) is 22.6 Å². The number of piperidine rings is 1. The normalized spacial score (nSPS) is 20.1. The number of nitrogens with two attached hydrogens (primary N) is 1. The summed E-state index contributed by atoms with van der Waals surface area (Å²) >= 11 is 6.00. The molecule has 0 spiro atoms. The molecule has 1 atom stereocenters. The summed E-state index contributed by atoms with van der Waals surface area (Å²) in [6.45, 7) is 2.61. The topological polar surface area (TPSA) is 53.0 Å². The molecule has 3 nitrogen and oxygen atoms in total. The van der Waals surface area contributed by atoms with Crippen molar-refractivity contribution in [1.82, 2.24) is 0 Å². The van der Waals surface area contributed by atoms with Crippen molar-refractivity contribution in [3.63, 3.8) is 0 Å². The third-order valence-electron chi connectivity index (χ3n) is 3.27. The molecule has 0 aliphatic carbocycles. The molecule has 0 radical (unpaired) electrons. The van der Waals surface area contributed by atoms with Crippen LogP contribution >= 0.6 is 11.6 Å². The third-order valence-corrected chi connectivity index (χ3v) is 3.51. The predicted molar refractivity (Wildman–Crippen MR) is 70.2 cm³/mol. The maximum absolute atomic E-state index is 9.12. The van der Waals surface area contributed by atoms with E-state index in [1.165, 1.54) is 6.42 Å². The molecule has 0 amide bonds. The van der Waals surface area contributed by atoms with E-state index in [0.29, 0.717) is 23.0 Å². The highest BCUT2D eigenvalue weighted by Gasteiger charge is 2.21. The molecule has 17 heavy (non-hydrogen) atoms. The highest BCUT2D eigenvalue weighted by atomic mass is 35.5. The molecule has 1 aliphatic heterocycles. The summed E-state index contributed by atoms with van der Waals surface area (Å²) < 4.78 is 0. The van der Waals surface area contributed by atoms with E-state index in [9.17, 15) is 0 Å². The highest BCUT2D eigenvalue weighted by molar-refractivity contribution is 6.30. The van der Waals surface area contributed by atoms with Crippen LogP contribution in [0.2, 0.25) is 5.02 Å². The number of anilines is 1. The lowest BCUT2D eigenvalue weighted by atomic mass is 9.97. The molecule has 1 heterocycles. The Balaban J connectivity index is 2.27. The Bertz CT molecular complexity index is 439. The highest BCUT2D eigenvalue weighted by Crippen LogP contribution is 2.28. The zero-order chi connectivity index (χ0) is 12.3. The largest absolute Gasteiger partial charge is 0.370 e. The van der Waals surface area contributed by atoms with Gasteiger partial charge in [-0.1, -0.05) is 11.6 Å². The summed E-state index contributed by atoms with van der Waals surface area (Å²) in [5.41, 5.74) is 7.36. The summed E-state index contributed by atoms with van der Waals surface area (Å²) in [4.78, 5) is 2.23. The van der Waals surface area contributed by atoms with Crippen LogP contribution < -0.4 is 10.6 Å². The fraction of sp³-hybridized carbons (Fsp3) is 0.462. The van der Waals surface area contributed by atoms with Crippen LogP contribution in [0, 0.1) is 17.2 Å². The molecule has 0 bridgehead atoms. The van der Waals surface area contributed by atoms with Crippen LogP contribution in [0.25, 0.3) is 0 Å². The van der Waals surface area contributed by atoms with Gasteiger partial charge in [-0.2, -0.15) is 5.26 Å². The van der Waals surface area contributed by atoms with Gasteiger partial charge in [-0.3, -0.25) is 0 Å². The average Bonchev–Trinajstić information content (AvgIpc) is 2.39. The van der Waals surface area contributed by atoms with Crippen LogP contribution in [0.1, 0.15) is 18.4 Å². The minimum absolute atomic E-state index is 0.522. The molecular weight excluding hydrogens is 234 g/mol. The lowest BCUT2D eigenvalue weighted by molar-refractivity contribution is 0.423. The fourth-order valence-electron chi connectivity index (χ4n) is 2.34. The lowest BCUT2D eigenvalue weighted by Gasteiger charge is -2.34. The Kier molecular flexibility index (Phi) is 3.88. The first-order valence-electron chi connectivity index (χ1n) is 5.89. The number of nitrogens with zero attached hydrogens (tertiary/aromatic N) is 2. The van der Waals surface area contributed by atoms with E-state index >= 15 is 0 Å². The van der Waals surface area contributed by atoms with Crippen LogP contribution in [-0.4, -0.2) is 19.6 Å². The number of hydrogen-bond donors (Lipinski definition) is 1. The van der Waals surface area contributed by atoms with Crippen molar-refractivity contribution in [3.05, 3.63) is 28.8 Å². The number of nitriles is 1. The van der Waals surface area contributed by atoms with Gasteiger partial charge >= 0.3 is 0 Å². The van der Waals surface area contributed by atoms with Crippen molar-refractivity contribution < 1.29 is 0 Å². The van der Waals surface area contributed by atoms with E-state index in [-0.39, 0.29) is 0 Å². The number of benzene rings is 1. The van der Waals surface area contributed by atoms with Gasteiger partial charge in [0.1, 0.15) is 6.07 Å². The quantitative estimate of drug-likeness (QED) is 0.876. The van der Waals surface area contributed by atoms with Crippen molar-refractivity contribution >= 4 is 17.3 Å². The van der Waals surface area contributed by atoms with Gasteiger partial charge in [-0.15, -0.1) is 0 Å². The maximum Gasteiger partial charge on any atom is 0.101 e. The van der Waals surface area contributed by atoms with E-state index in [1.807, 2.05) is 6.07 Å². The van der Waals surface area contributed by atoms with Gasteiger partial charge in [0.2, 0.25) is 0 Å². The van der Waals surface area contributed by atoms with Crippen LogP contribution in [0.15, 0.2) is 18.2 Å². The van der Waals surface area contributed by atoms with Crippen molar-refractivity contribution in [1.29, 1.82) is 5.26 Å². The Morgan fingerprint density at radius 3 is 3.06 bits per heavy atom. The number of halogens is 1. The van der Waals surface area contributed by atoms with Crippen molar-refractivity contribution in [2.45, 2.75) is 12.8 Å². The zero-order valence-corrected chi connectivity index (χ0v) is 10.5. The molecule has 1 aromatic carbocycles. The number of hydrogen-bond acceptors (Lipinski definition) is 3. The zero-order valence-electron chi connectivity index (χ0n) is 9.69. The first-order valence-corrected chi connectivity index (χ1v) is 6.27. The van der Waals surface area contributed by atoms with Crippen LogP contribution in [0.3, 0.4) is 0 Å². The molecule has 0 saturated carbocycles. The van der Waals surface area contributed by atoms with Crippen molar-refractivity contribution in [2.24, 2.45) is 11.7 Å². The monoisotopic (exact) mass is 249 g/mol. The molecule has 4 heteroatoms. The van der Waals surface area contributed by atoms with Gasteiger partial charge in [0.25, 0.3) is 0 Å². The van der Waals surface area contributed by atoms with Crippen molar-refractivity contribution in [3.8, 4) is 6.07 Å². The predicted octanol–water partition coefficient (Wildman–Crippen LogP) is 2.39. The standard InChI is InChI=1S/C13H16ClN3/c14-12-4-3-11(8-16)13(6-12)17-5-1-2-10(7-15)9-17/h3-4,6,10H,1-2,5,7,9,15H2. The second kappa shape index (κ2) is 5.39. The second-order valence-corrected chi connectivity index (χ2v) is 4.90. The van der Waals surface area contributed by atoms with Crippen LogP contribution in [0.5, 0.6) is 0 Å². The smallest absolute Gasteiger partial charge is 0.101 e. The van der Waals surface area contributed by atoms with Crippen LogP contribution in [-0.2, 0) is 0 Å². The SMILES string of the molecule is N#Cc1ccc(Cl)cc1N1CCCC(CN)C1. The maximum atomic E-state index is 9.12. The molecule has 1 fully saturated rings. The average molecular weight is 250 g/mol. The molecule has 1 unspecified atom stereocenters. The van der Waals surface area contributed by atoms with Gasteiger partial charge < -0.3 is 10.6 Å².